The minimum Gasteiger partial charge on any atom is -0.328 e. The lowest BCUT2D eigenvalue weighted by Crippen LogP contribution is -2.35. The number of nitrogens with zero attached hydrogens (tertiary/aromatic N) is 1. The van der Waals surface area contributed by atoms with Crippen molar-refractivity contribution in [2.24, 2.45) is 16.6 Å². The first kappa shape index (κ1) is 11.1. The molecule has 0 aromatic heterocycles. The molecule has 0 bridgehead atoms. The van der Waals surface area contributed by atoms with Crippen molar-refractivity contribution in [3.05, 3.63) is 0 Å². The van der Waals surface area contributed by atoms with Crippen LogP contribution in [-0.4, -0.2) is 22.4 Å². The monoisotopic (exact) mass is 238 g/mol. The zero-order valence-corrected chi connectivity index (χ0v) is 10.7. The first-order valence-corrected chi connectivity index (χ1v) is 7.71. The topological polar surface area (TPSA) is 38.4 Å². The van der Waals surface area contributed by atoms with Gasteiger partial charge in [-0.15, -0.1) is 11.8 Å². The Morgan fingerprint density at radius 1 is 1.06 bits per heavy atom. The van der Waals surface area contributed by atoms with Crippen LogP contribution in [0.15, 0.2) is 4.99 Å². The summed E-state index contributed by atoms with van der Waals surface area (Å²) in [5.41, 5.74) is 6.05. The lowest BCUT2D eigenvalue weighted by Gasteiger charge is -2.27. The zero-order valence-electron chi connectivity index (χ0n) is 9.90. The van der Waals surface area contributed by atoms with E-state index < -0.39 is 0 Å². The summed E-state index contributed by atoms with van der Waals surface area (Å²) in [6, 6.07) is 1.05. The van der Waals surface area contributed by atoms with Crippen LogP contribution in [0.3, 0.4) is 0 Å². The van der Waals surface area contributed by atoms with Gasteiger partial charge in [0.05, 0.1) is 11.1 Å². The molecular weight excluding hydrogens is 216 g/mol. The Labute approximate surface area is 102 Å². The van der Waals surface area contributed by atoms with Crippen LogP contribution in [-0.2, 0) is 0 Å². The molecular formula is C13H22N2S. The van der Waals surface area contributed by atoms with Crippen molar-refractivity contribution in [1.82, 2.24) is 0 Å². The first-order chi connectivity index (χ1) is 7.83. The molecule has 2 N–H and O–H groups in total. The van der Waals surface area contributed by atoms with Crippen LogP contribution in [0.4, 0.5) is 0 Å². The minimum absolute atomic E-state index is 0.439. The molecule has 2 aliphatic carbocycles. The van der Waals surface area contributed by atoms with Crippen molar-refractivity contribution >= 4 is 16.8 Å². The number of aliphatic imine (C=N–C) groups is 1. The fraction of sp³-hybridized carbons (Fsp3) is 0.923. The lowest BCUT2D eigenvalue weighted by molar-refractivity contribution is 0.408. The molecule has 0 amide bonds. The number of nitrogens with two attached hydrogens (primary N) is 1. The highest BCUT2D eigenvalue weighted by Gasteiger charge is 2.37. The summed E-state index contributed by atoms with van der Waals surface area (Å²) in [5.74, 6) is 0.806. The van der Waals surface area contributed by atoms with Crippen molar-refractivity contribution in [2.75, 3.05) is 0 Å². The highest BCUT2D eigenvalue weighted by Crippen LogP contribution is 2.41. The smallest absolute Gasteiger partial charge is 0.0714 e. The predicted molar refractivity (Wildman–Crippen MR) is 71.0 cm³/mol. The van der Waals surface area contributed by atoms with Gasteiger partial charge in [-0.05, 0) is 32.1 Å². The Balaban J connectivity index is 1.65. The Kier molecular flexibility index (Phi) is 3.25. The van der Waals surface area contributed by atoms with Crippen molar-refractivity contribution < 1.29 is 0 Å². The van der Waals surface area contributed by atoms with Crippen molar-refractivity contribution in [3.8, 4) is 0 Å². The molecule has 3 atom stereocenters. The van der Waals surface area contributed by atoms with Gasteiger partial charge >= 0.3 is 0 Å². The number of fused-ring (bicyclic) bond motifs is 1. The molecule has 3 unspecified atom stereocenters. The summed E-state index contributed by atoms with van der Waals surface area (Å²) in [5, 5.41) is 2.21. The van der Waals surface area contributed by atoms with E-state index in [4.69, 9.17) is 10.7 Å². The van der Waals surface area contributed by atoms with E-state index in [2.05, 4.69) is 11.8 Å². The highest BCUT2D eigenvalue weighted by atomic mass is 32.2. The van der Waals surface area contributed by atoms with E-state index in [1.807, 2.05) is 0 Å². The van der Waals surface area contributed by atoms with Gasteiger partial charge in [0.2, 0.25) is 0 Å². The largest absolute Gasteiger partial charge is 0.328 e. The van der Waals surface area contributed by atoms with Crippen LogP contribution >= 0.6 is 11.8 Å². The third-order valence-electron chi connectivity index (χ3n) is 4.32. The molecule has 3 rings (SSSR count). The van der Waals surface area contributed by atoms with E-state index in [-0.39, 0.29) is 0 Å². The number of rotatable bonds is 1. The minimum atomic E-state index is 0.439. The Bertz CT molecular complexity index is 284. The second kappa shape index (κ2) is 4.69. The fourth-order valence-corrected chi connectivity index (χ4v) is 4.95. The number of thioether (sulfide) groups is 1. The SMILES string of the molecule is NC1CCC2N=C(C3CCCCC3)SC2C1. The second-order valence-corrected chi connectivity index (χ2v) is 6.86. The average molecular weight is 238 g/mol. The third-order valence-corrected chi connectivity index (χ3v) is 5.81. The highest BCUT2D eigenvalue weighted by molar-refractivity contribution is 8.14. The second-order valence-electron chi connectivity index (χ2n) is 5.60. The summed E-state index contributed by atoms with van der Waals surface area (Å²) in [6.45, 7) is 0. The van der Waals surface area contributed by atoms with Crippen molar-refractivity contribution in [3.63, 3.8) is 0 Å². The maximum Gasteiger partial charge on any atom is 0.0714 e. The van der Waals surface area contributed by atoms with Gasteiger partial charge in [-0.3, -0.25) is 4.99 Å². The van der Waals surface area contributed by atoms with Gasteiger partial charge in [0.15, 0.2) is 0 Å². The van der Waals surface area contributed by atoms with E-state index in [9.17, 15) is 0 Å². The molecule has 16 heavy (non-hydrogen) atoms. The van der Waals surface area contributed by atoms with Crippen LogP contribution in [0.5, 0.6) is 0 Å². The Hall–Kier alpha value is -0.0200. The summed E-state index contributed by atoms with van der Waals surface area (Å²) in [4.78, 5) is 4.99. The summed E-state index contributed by atoms with van der Waals surface area (Å²) in [6.07, 6.45) is 10.6. The third kappa shape index (κ3) is 2.17. The summed E-state index contributed by atoms with van der Waals surface area (Å²) < 4.78 is 0. The molecule has 3 heteroatoms. The van der Waals surface area contributed by atoms with Gasteiger partial charge in [0.1, 0.15) is 0 Å². The van der Waals surface area contributed by atoms with E-state index in [1.54, 1.807) is 0 Å². The standard InChI is InChI=1S/C13H22N2S/c14-10-6-7-11-12(8-10)16-13(15-11)9-4-2-1-3-5-9/h9-12H,1-8,14H2. The molecule has 2 fully saturated rings. The molecule has 0 radical (unpaired) electrons. The van der Waals surface area contributed by atoms with Crippen molar-refractivity contribution in [2.45, 2.75) is 68.7 Å². The van der Waals surface area contributed by atoms with E-state index in [1.165, 1.54) is 56.4 Å². The van der Waals surface area contributed by atoms with Crippen molar-refractivity contribution in [1.29, 1.82) is 0 Å². The van der Waals surface area contributed by atoms with Crippen LogP contribution < -0.4 is 5.73 Å². The van der Waals surface area contributed by atoms with Gasteiger partial charge in [0, 0.05) is 17.2 Å². The van der Waals surface area contributed by atoms with Crippen LogP contribution in [0.1, 0.15) is 51.4 Å². The normalized spacial score (nSPS) is 40.6. The van der Waals surface area contributed by atoms with E-state index in [0.29, 0.717) is 12.1 Å². The Morgan fingerprint density at radius 2 is 1.88 bits per heavy atom. The Morgan fingerprint density at radius 3 is 2.69 bits per heavy atom. The fourth-order valence-electron chi connectivity index (χ4n) is 3.32. The van der Waals surface area contributed by atoms with Crippen LogP contribution in [0.25, 0.3) is 0 Å². The molecule has 2 nitrogen and oxygen atoms in total. The molecule has 1 aliphatic heterocycles. The first-order valence-electron chi connectivity index (χ1n) is 6.83. The molecule has 0 saturated heterocycles. The van der Waals surface area contributed by atoms with Gasteiger partial charge in [-0.25, -0.2) is 0 Å². The molecule has 90 valence electrons. The predicted octanol–water partition coefficient (Wildman–Crippen LogP) is 2.96. The lowest BCUT2D eigenvalue weighted by atomic mass is 9.89. The number of hydrogen-bond acceptors (Lipinski definition) is 3. The quantitative estimate of drug-likeness (QED) is 0.762. The summed E-state index contributed by atoms with van der Waals surface area (Å²) >= 11 is 2.07. The van der Waals surface area contributed by atoms with Gasteiger partial charge < -0.3 is 5.73 Å². The zero-order chi connectivity index (χ0) is 11.0. The molecule has 0 spiro atoms. The molecule has 3 aliphatic rings. The van der Waals surface area contributed by atoms with E-state index >= 15 is 0 Å². The number of hydrogen-bond donors (Lipinski definition) is 1. The summed E-state index contributed by atoms with van der Waals surface area (Å²) in [7, 11) is 0. The maximum absolute atomic E-state index is 6.05. The molecule has 1 heterocycles. The van der Waals surface area contributed by atoms with Crippen LogP contribution in [0.2, 0.25) is 0 Å². The van der Waals surface area contributed by atoms with Gasteiger partial charge in [-0.2, -0.15) is 0 Å². The average Bonchev–Trinajstić information content (AvgIpc) is 2.73. The molecule has 2 saturated carbocycles. The van der Waals surface area contributed by atoms with Gasteiger partial charge in [0.25, 0.3) is 0 Å². The van der Waals surface area contributed by atoms with Crippen LogP contribution in [0, 0.1) is 5.92 Å². The van der Waals surface area contributed by atoms with Gasteiger partial charge in [-0.1, -0.05) is 19.3 Å². The van der Waals surface area contributed by atoms with E-state index in [0.717, 1.165) is 11.2 Å². The molecule has 0 aromatic carbocycles. The maximum atomic E-state index is 6.05. The molecule has 0 aromatic rings.